The van der Waals surface area contributed by atoms with E-state index in [-0.39, 0.29) is 23.3 Å². The molecule has 1 saturated heterocycles. The fraction of sp³-hybridized carbons (Fsp3) is 0.444. The van der Waals surface area contributed by atoms with E-state index in [0.29, 0.717) is 19.6 Å². The van der Waals surface area contributed by atoms with Gasteiger partial charge in [0.15, 0.2) is 17.4 Å². The summed E-state index contributed by atoms with van der Waals surface area (Å²) in [7, 11) is 0. The lowest BCUT2D eigenvalue weighted by atomic mass is 10.1. The number of piperazine rings is 1. The molecule has 0 amide bonds. The Hall–Kier alpha value is -2.88. The molecule has 4 N–H and O–H groups in total. The summed E-state index contributed by atoms with van der Waals surface area (Å²) in [6, 6.07) is -0.102. The maximum atomic E-state index is 15.6. The molecule has 1 aromatic carbocycles. The summed E-state index contributed by atoms with van der Waals surface area (Å²) in [4.78, 5) is 25.2. The quantitative estimate of drug-likeness (QED) is 0.540. The largest absolute Gasteiger partial charge is 0.511 e. The number of ether oxygens (including phenoxy) is 1. The van der Waals surface area contributed by atoms with Crippen molar-refractivity contribution < 1.29 is 23.4 Å². The Bertz CT molecular complexity index is 1030. The van der Waals surface area contributed by atoms with Crippen molar-refractivity contribution in [2.24, 2.45) is 0 Å². The maximum absolute atomic E-state index is 15.6. The number of carbonyl (C=O) groups is 1. The van der Waals surface area contributed by atoms with Crippen LogP contribution in [0.25, 0.3) is 10.9 Å². The first-order valence-corrected chi connectivity index (χ1v) is 9.04. The Labute approximate surface area is 158 Å². The second-order valence-electron chi connectivity index (χ2n) is 7.24. The van der Waals surface area contributed by atoms with Gasteiger partial charge in [0, 0.05) is 31.7 Å². The van der Waals surface area contributed by atoms with Crippen molar-refractivity contribution in [3.05, 3.63) is 28.1 Å². The van der Waals surface area contributed by atoms with Gasteiger partial charge >= 0.3 is 6.16 Å². The number of pyridine rings is 1. The second kappa shape index (κ2) is 6.62. The highest BCUT2D eigenvalue weighted by molar-refractivity contribution is 5.96. The molecule has 2 aromatic rings. The van der Waals surface area contributed by atoms with Gasteiger partial charge in [-0.1, -0.05) is 0 Å². The molecule has 1 saturated carbocycles. The molecule has 2 heterocycles. The van der Waals surface area contributed by atoms with Crippen molar-refractivity contribution in [1.82, 2.24) is 9.88 Å². The molecular formula is C18H20F2N4O4. The highest BCUT2D eigenvalue weighted by Gasteiger charge is 2.33. The minimum atomic E-state index is -1.69. The summed E-state index contributed by atoms with van der Waals surface area (Å²) in [6.45, 7) is 3.23. The molecule has 150 valence electrons. The Morgan fingerprint density at radius 1 is 1.36 bits per heavy atom. The number of aromatic nitrogens is 1. The van der Waals surface area contributed by atoms with Crippen LogP contribution in [0.4, 0.5) is 25.0 Å². The number of fused-ring (bicyclic) bond motifs is 1. The summed E-state index contributed by atoms with van der Waals surface area (Å²) >= 11 is 0. The number of nitrogens with two attached hydrogens (primary N) is 1. The van der Waals surface area contributed by atoms with Crippen LogP contribution in [0.1, 0.15) is 25.8 Å². The lowest BCUT2D eigenvalue weighted by molar-refractivity contribution is 0.143. The first-order chi connectivity index (χ1) is 13.3. The van der Waals surface area contributed by atoms with E-state index in [1.807, 2.05) is 6.92 Å². The average molecular weight is 394 g/mol. The van der Waals surface area contributed by atoms with Gasteiger partial charge in [0.05, 0.1) is 22.8 Å². The number of hydrogen-bond acceptors (Lipinski definition) is 6. The predicted octanol–water partition coefficient (Wildman–Crippen LogP) is 2.05. The molecule has 0 bridgehead atoms. The molecule has 4 rings (SSSR count). The third-order valence-corrected chi connectivity index (χ3v) is 5.15. The van der Waals surface area contributed by atoms with E-state index in [1.165, 1.54) is 10.8 Å². The Morgan fingerprint density at radius 2 is 2.07 bits per heavy atom. The fourth-order valence-corrected chi connectivity index (χ4v) is 3.75. The zero-order valence-electron chi connectivity index (χ0n) is 15.2. The van der Waals surface area contributed by atoms with Crippen LogP contribution < -0.4 is 26.1 Å². The highest BCUT2D eigenvalue weighted by Crippen LogP contribution is 2.42. The highest BCUT2D eigenvalue weighted by atomic mass is 19.1. The monoisotopic (exact) mass is 394 g/mol. The Kier molecular flexibility index (Phi) is 4.37. The molecule has 1 aliphatic heterocycles. The first-order valence-electron chi connectivity index (χ1n) is 9.04. The van der Waals surface area contributed by atoms with E-state index in [0.717, 1.165) is 12.8 Å². The number of halogens is 2. The molecule has 28 heavy (non-hydrogen) atoms. The summed E-state index contributed by atoms with van der Waals surface area (Å²) in [5.74, 6) is -2.42. The maximum Gasteiger partial charge on any atom is 0.511 e. The summed E-state index contributed by atoms with van der Waals surface area (Å²) in [5.41, 5.74) is 4.07. The summed E-state index contributed by atoms with van der Waals surface area (Å²) < 4.78 is 36.6. The van der Waals surface area contributed by atoms with Crippen LogP contribution in [0.5, 0.6) is 5.75 Å². The Balaban J connectivity index is 2.02. The lowest BCUT2D eigenvalue weighted by Crippen LogP contribution is -2.50. The van der Waals surface area contributed by atoms with Crippen LogP contribution in [0.15, 0.2) is 11.0 Å². The van der Waals surface area contributed by atoms with Gasteiger partial charge in [0.2, 0.25) is 5.43 Å². The molecule has 2 aliphatic rings. The van der Waals surface area contributed by atoms with Gasteiger partial charge < -0.3 is 30.4 Å². The number of nitrogens with one attached hydrogen (secondary N) is 1. The molecule has 0 spiro atoms. The average Bonchev–Trinajstić information content (AvgIpc) is 3.46. The van der Waals surface area contributed by atoms with Crippen molar-refractivity contribution in [2.75, 3.05) is 30.3 Å². The molecule has 1 atom stereocenters. The molecule has 0 radical (unpaired) electrons. The molecule has 1 unspecified atom stereocenters. The smallest absolute Gasteiger partial charge is 0.449 e. The SMILES string of the molecule is CC1CN(c2c(F)c(N)c3c(=O)c(OC(=O)O)cn(C4CC4)c3c2F)CCN1. The van der Waals surface area contributed by atoms with Crippen molar-refractivity contribution in [1.29, 1.82) is 0 Å². The zero-order chi connectivity index (χ0) is 20.2. The second-order valence-corrected chi connectivity index (χ2v) is 7.24. The number of anilines is 2. The number of benzene rings is 1. The van der Waals surface area contributed by atoms with Crippen LogP contribution in [0.2, 0.25) is 0 Å². The zero-order valence-corrected chi connectivity index (χ0v) is 15.2. The molecule has 1 aromatic heterocycles. The number of carboxylic acid groups (broad SMARTS) is 1. The molecule has 2 fully saturated rings. The molecular weight excluding hydrogens is 374 g/mol. The van der Waals surface area contributed by atoms with Crippen molar-refractivity contribution in [3.63, 3.8) is 0 Å². The fourth-order valence-electron chi connectivity index (χ4n) is 3.75. The lowest BCUT2D eigenvalue weighted by Gasteiger charge is -2.34. The summed E-state index contributed by atoms with van der Waals surface area (Å²) in [6.07, 6.45) is 0.924. The van der Waals surface area contributed by atoms with Crippen molar-refractivity contribution in [2.45, 2.75) is 31.8 Å². The van der Waals surface area contributed by atoms with Gasteiger partial charge in [-0.3, -0.25) is 4.79 Å². The molecule has 10 heteroatoms. The van der Waals surface area contributed by atoms with E-state index in [9.17, 15) is 9.59 Å². The molecule has 1 aliphatic carbocycles. The predicted molar refractivity (Wildman–Crippen MR) is 99.1 cm³/mol. The van der Waals surface area contributed by atoms with Crippen molar-refractivity contribution in [3.8, 4) is 5.75 Å². The number of nitrogen functional groups attached to an aromatic ring is 1. The van der Waals surface area contributed by atoms with E-state index in [4.69, 9.17) is 10.8 Å². The van der Waals surface area contributed by atoms with Crippen LogP contribution >= 0.6 is 0 Å². The minimum absolute atomic E-state index is 0.0291. The third kappa shape index (κ3) is 2.93. The molecule has 8 nitrogen and oxygen atoms in total. The van der Waals surface area contributed by atoms with Gasteiger partial charge in [-0.25, -0.2) is 13.6 Å². The minimum Gasteiger partial charge on any atom is -0.449 e. The van der Waals surface area contributed by atoms with E-state index >= 15 is 8.78 Å². The number of rotatable bonds is 3. The third-order valence-electron chi connectivity index (χ3n) is 5.15. The topological polar surface area (TPSA) is 110 Å². The first kappa shape index (κ1) is 18.5. The van der Waals surface area contributed by atoms with E-state index in [2.05, 4.69) is 10.1 Å². The van der Waals surface area contributed by atoms with Gasteiger partial charge in [-0.2, -0.15) is 0 Å². The van der Waals surface area contributed by atoms with Crippen LogP contribution in [-0.4, -0.2) is 41.5 Å². The van der Waals surface area contributed by atoms with Gasteiger partial charge in [-0.15, -0.1) is 0 Å². The Morgan fingerprint density at radius 3 is 2.68 bits per heavy atom. The normalized spacial score (nSPS) is 19.8. The number of nitrogens with zero attached hydrogens (tertiary/aromatic N) is 2. The van der Waals surface area contributed by atoms with Gasteiger partial charge in [0.25, 0.3) is 0 Å². The summed E-state index contributed by atoms with van der Waals surface area (Å²) in [5, 5.41) is 11.7. The van der Waals surface area contributed by atoms with Crippen LogP contribution in [-0.2, 0) is 0 Å². The number of hydrogen-bond donors (Lipinski definition) is 3. The van der Waals surface area contributed by atoms with Crippen LogP contribution in [0, 0.1) is 11.6 Å². The van der Waals surface area contributed by atoms with Gasteiger partial charge in [-0.05, 0) is 19.8 Å². The van der Waals surface area contributed by atoms with E-state index in [1.54, 1.807) is 4.90 Å². The van der Waals surface area contributed by atoms with Gasteiger partial charge in [0.1, 0.15) is 5.69 Å². The van der Waals surface area contributed by atoms with Crippen LogP contribution in [0.3, 0.4) is 0 Å². The standard InChI is InChI=1S/C18H20F2N4O4/c1-8-6-23(5-4-22-8)16-12(19)14(21)11-15(13(16)20)24(9-2-3-9)7-10(17(11)25)28-18(26)27/h7-9,22H,2-6,21H2,1H3,(H,26,27). The van der Waals surface area contributed by atoms with E-state index < -0.39 is 40.0 Å². The van der Waals surface area contributed by atoms with Crippen molar-refractivity contribution >= 4 is 28.4 Å².